The average molecular weight is 239 g/mol. The molecule has 0 saturated carbocycles. The Morgan fingerprint density at radius 2 is 2.18 bits per heavy atom. The van der Waals surface area contributed by atoms with Gasteiger partial charge in [0.15, 0.2) is 5.82 Å². The van der Waals surface area contributed by atoms with Crippen molar-refractivity contribution < 1.29 is 4.52 Å². The molecule has 0 bridgehead atoms. The third kappa shape index (κ3) is 2.83. The lowest BCUT2D eigenvalue weighted by molar-refractivity contribution is 0.214. The van der Waals surface area contributed by atoms with Crippen molar-refractivity contribution in [3.8, 4) is 0 Å². The molecule has 6 nitrogen and oxygen atoms in total. The van der Waals surface area contributed by atoms with E-state index in [2.05, 4.69) is 34.0 Å². The van der Waals surface area contributed by atoms with Crippen LogP contribution >= 0.6 is 0 Å². The van der Waals surface area contributed by atoms with Crippen LogP contribution in [0.5, 0.6) is 0 Å². The van der Waals surface area contributed by atoms with Gasteiger partial charge < -0.3 is 15.2 Å². The first-order valence-corrected chi connectivity index (χ1v) is 6.06. The summed E-state index contributed by atoms with van der Waals surface area (Å²) in [6.45, 7) is 4.94. The highest BCUT2D eigenvalue weighted by Crippen LogP contribution is 2.21. The Bertz CT molecular complexity index is 364. The van der Waals surface area contributed by atoms with Crippen LogP contribution in [0.3, 0.4) is 0 Å². The van der Waals surface area contributed by atoms with Crippen molar-refractivity contribution in [2.45, 2.75) is 25.4 Å². The molecular weight excluding hydrogens is 218 g/mol. The van der Waals surface area contributed by atoms with Crippen molar-refractivity contribution >= 4 is 0 Å². The summed E-state index contributed by atoms with van der Waals surface area (Å²) in [5, 5.41) is 4.05. The first kappa shape index (κ1) is 12.5. The maximum Gasteiger partial charge on any atom is 0.243 e. The molecule has 2 atom stereocenters. The Labute approximate surface area is 102 Å². The third-order valence-corrected chi connectivity index (χ3v) is 3.21. The maximum atomic E-state index is 5.73. The van der Waals surface area contributed by atoms with E-state index in [-0.39, 0.29) is 12.1 Å². The molecule has 1 saturated heterocycles. The van der Waals surface area contributed by atoms with E-state index in [1.165, 1.54) is 6.42 Å². The van der Waals surface area contributed by atoms with Crippen LogP contribution in [-0.4, -0.2) is 53.7 Å². The standard InChI is InChI=1S/C11H21N5O/c1-8(12)11-13-10(14-17-11)9-7-15(2)5-4-6-16(9)3/h8-9H,4-7,12H2,1-3H3/t8-,9?/m0/s1. The Kier molecular flexibility index (Phi) is 3.76. The molecule has 2 rings (SSSR count). The van der Waals surface area contributed by atoms with Gasteiger partial charge in [0, 0.05) is 6.54 Å². The molecule has 1 aliphatic rings. The topological polar surface area (TPSA) is 71.4 Å². The predicted octanol–water partition coefficient (Wildman–Crippen LogP) is 0.398. The van der Waals surface area contributed by atoms with Gasteiger partial charge >= 0.3 is 0 Å². The molecule has 96 valence electrons. The number of rotatable bonds is 2. The van der Waals surface area contributed by atoms with Crippen molar-refractivity contribution in [3.05, 3.63) is 11.7 Å². The first-order chi connectivity index (χ1) is 8.08. The second-order valence-electron chi connectivity index (χ2n) is 4.89. The van der Waals surface area contributed by atoms with Crippen molar-refractivity contribution in [1.29, 1.82) is 0 Å². The number of hydrogen-bond acceptors (Lipinski definition) is 6. The molecule has 1 unspecified atom stereocenters. The summed E-state index contributed by atoms with van der Waals surface area (Å²) in [7, 11) is 4.23. The average Bonchev–Trinajstić information content (AvgIpc) is 2.68. The quantitative estimate of drug-likeness (QED) is 0.805. The van der Waals surface area contributed by atoms with Gasteiger partial charge in [0.05, 0.1) is 12.1 Å². The van der Waals surface area contributed by atoms with Crippen molar-refractivity contribution in [3.63, 3.8) is 0 Å². The molecule has 2 heterocycles. The first-order valence-electron chi connectivity index (χ1n) is 6.06. The fourth-order valence-electron chi connectivity index (χ4n) is 2.12. The Morgan fingerprint density at radius 3 is 2.82 bits per heavy atom. The molecule has 0 spiro atoms. The van der Waals surface area contributed by atoms with Crippen LogP contribution in [0.2, 0.25) is 0 Å². The van der Waals surface area contributed by atoms with E-state index < -0.39 is 0 Å². The summed E-state index contributed by atoms with van der Waals surface area (Å²) in [5.74, 6) is 1.26. The summed E-state index contributed by atoms with van der Waals surface area (Å²) in [6.07, 6.45) is 1.17. The highest BCUT2D eigenvalue weighted by atomic mass is 16.5. The largest absolute Gasteiger partial charge is 0.338 e. The van der Waals surface area contributed by atoms with Crippen LogP contribution < -0.4 is 5.73 Å². The molecular formula is C11H21N5O. The van der Waals surface area contributed by atoms with Crippen molar-refractivity contribution in [2.75, 3.05) is 33.7 Å². The van der Waals surface area contributed by atoms with Gasteiger partial charge in [0.2, 0.25) is 5.89 Å². The van der Waals surface area contributed by atoms with E-state index in [0.29, 0.717) is 5.89 Å². The molecule has 1 aromatic heterocycles. The molecule has 2 N–H and O–H groups in total. The molecule has 1 aromatic rings. The monoisotopic (exact) mass is 239 g/mol. The van der Waals surface area contributed by atoms with E-state index in [1.807, 2.05) is 6.92 Å². The summed E-state index contributed by atoms with van der Waals surface area (Å²) in [5.41, 5.74) is 5.73. The number of aromatic nitrogens is 2. The third-order valence-electron chi connectivity index (χ3n) is 3.21. The predicted molar refractivity (Wildman–Crippen MR) is 64.4 cm³/mol. The lowest BCUT2D eigenvalue weighted by Crippen LogP contribution is -2.31. The molecule has 0 aliphatic carbocycles. The van der Waals surface area contributed by atoms with Gasteiger partial charge in [-0.3, -0.25) is 4.90 Å². The van der Waals surface area contributed by atoms with Crippen LogP contribution in [0.25, 0.3) is 0 Å². The Hall–Kier alpha value is -0.980. The fraction of sp³-hybridized carbons (Fsp3) is 0.818. The molecule has 1 aliphatic heterocycles. The van der Waals surface area contributed by atoms with Crippen molar-refractivity contribution in [2.24, 2.45) is 5.73 Å². The van der Waals surface area contributed by atoms with E-state index >= 15 is 0 Å². The smallest absolute Gasteiger partial charge is 0.243 e. The van der Waals surface area contributed by atoms with Crippen LogP contribution in [0.15, 0.2) is 4.52 Å². The van der Waals surface area contributed by atoms with Gasteiger partial charge in [0.25, 0.3) is 0 Å². The summed E-state index contributed by atoms with van der Waals surface area (Å²) < 4.78 is 5.17. The number of nitrogens with zero attached hydrogens (tertiary/aromatic N) is 4. The zero-order valence-electron chi connectivity index (χ0n) is 10.8. The normalized spacial score (nSPS) is 25.8. The molecule has 17 heavy (non-hydrogen) atoms. The van der Waals surface area contributed by atoms with Gasteiger partial charge in [-0.15, -0.1) is 0 Å². The molecule has 0 aromatic carbocycles. The minimum absolute atomic E-state index is 0.193. The highest BCUT2D eigenvalue weighted by molar-refractivity contribution is 4.98. The van der Waals surface area contributed by atoms with Gasteiger partial charge in [-0.05, 0) is 40.5 Å². The fourth-order valence-corrected chi connectivity index (χ4v) is 2.12. The zero-order chi connectivity index (χ0) is 12.4. The number of nitrogens with two attached hydrogens (primary N) is 1. The molecule has 6 heteroatoms. The second kappa shape index (κ2) is 5.12. The maximum absolute atomic E-state index is 5.73. The molecule has 1 fully saturated rings. The number of hydrogen-bond donors (Lipinski definition) is 1. The number of likely N-dealkylation sites (N-methyl/N-ethyl adjacent to an activating group) is 2. The highest BCUT2D eigenvalue weighted by Gasteiger charge is 2.26. The van der Waals surface area contributed by atoms with E-state index in [1.54, 1.807) is 0 Å². The van der Waals surface area contributed by atoms with Crippen LogP contribution in [-0.2, 0) is 0 Å². The molecule has 0 radical (unpaired) electrons. The van der Waals surface area contributed by atoms with Gasteiger partial charge in [-0.1, -0.05) is 5.16 Å². The van der Waals surface area contributed by atoms with Crippen LogP contribution in [0.4, 0.5) is 0 Å². The second-order valence-corrected chi connectivity index (χ2v) is 4.89. The minimum Gasteiger partial charge on any atom is -0.338 e. The Balaban J connectivity index is 2.17. The van der Waals surface area contributed by atoms with E-state index in [4.69, 9.17) is 10.3 Å². The zero-order valence-corrected chi connectivity index (χ0v) is 10.8. The summed E-state index contributed by atoms with van der Waals surface area (Å²) in [6, 6.07) is -0.0104. The summed E-state index contributed by atoms with van der Waals surface area (Å²) in [4.78, 5) is 8.97. The van der Waals surface area contributed by atoms with E-state index in [0.717, 1.165) is 25.5 Å². The van der Waals surface area contributed by atoms with Crippen molar-refractivity contribution in [1.82, 2.24) is 19.9 Å². The van der Waals surface area contributed by atoms with Gasteiger partial charge in [-0.25, -0.2) is 0 Å². The lowest BCUT2D eigenvalue weighted by Gasteiger charge is -2.24. The van der Waals surface area contributed by atoms with Gasteiger partial charge in [-0.2, -0.15) is 4.98 Å². The molecule has 0 amide bonds. The Morgan fingerprint density at radius 1 is 1.41 bits per heavy atom. The lowest BCUT2D eigenvalue weighted by atomic mass is 10.2. The summed E-state index contributed by atoms with van der Waals surface area (Å²) >= 11 is 0. The van der Waals surface area contributed by atoms with E-state index in [9.17, 15) is 0 Å². The van der Waals surface area contributed by atoms with Crippen LogP contribution in [0, 0.1) is 0 Å². The van der Waals surface area contributed by atoms with Crippen LogP contribution in [0.1, 0.15) is 37.1 Å². The minimum atomic E-state index is -0.204. The SMILES string of the molecule is C[C@H](N)c1nc(C2CN(C)CCCN2C)no1. The van der Waals surface area contributed by atoms with Gasteiger partial charge in [0.1, 0.15) is 0 Å².